The van der Waals surface area contributed by atoms with Crippen LogP contribution in [0.1, 0.15) is 67.5 Å². The van der Waals surface area contributed by atoms with Gasteiger partial charge in [0, 0.05) is 69.6 Å². The Morgan fingerprint density at radius 1 is 0.279 bits per heavy atom. The molecule has 0 fully saturated rings. The minimum Gasteiger partial charge on any atom is -0.309 e. The van der Waals surface area contributed by atoms with Gasteiger partial charge in [-0.1, -0.05) is 172 Å². The Morgan fingerprint density at radius 2 is 0.618 bits per heavy atom. The van der Waals surface area contributed by atoms with Crippen molar-refractivity contribution in [3.05, 3.63) is 211 Å². The average Bonchev–Trinajstić information content (AvgIpc) is 4.06. The Morgan fingerprint density at radius 3 is 1.04 bits per heavy atom. The molecule has 4 aromatic heterocycles. The molecule has 0 N–H and O–H groups in total. The highest BCUT2D eigenvalue weighted by Gasteiger charge is 2.21. The van der Waals surface area contributed by atoms with Gasteiger partial charge < -0.3 is 13.7 Å². The van der Waals surface area contributed by atoms with Crippen molar-refractivity contribution in [3.63, 3.8) is 0 Å². The van der Waals surface area contributed by atoms with E-state index in [4.69, 9.17) is 0 Å². The van der Waals surface area contributed by atoms with Crippen LogP contribution in [0.3, 0.4) is 0 Å². The predicted molar refractivity (Wildman–Crippen MR) is 300 cm³/mol. The molecule has 0 radical (unpaired) electrons. The Balaban J connectivity index is 0.000000156. The summed E-state index contributed by atoms with van der Waals surface area (Å²) in [5, 5.41) is 10.4. The SMILES string of the molecule is C.C.CC(C)(C)c1ccc(-n2c3ccccc3c3cc4c(cc32)c2ccccc2n4-c2ccccc2)cc1.CC(C)(C)c1ccc(-n2c3ccccc3c3cc4sc5ccccc5c4cc32)cc1. The number of aromatic nitrogens is 3. The highest BCUT2D eigenvalue weighted by atomic mass is 32.1. The fourth-order valence-corrected chi connectivity index (χ4v) is 11.4. The molecule has 13 rings (SSSR count). The molecule has 9 aromatic carbocycles. The number of benzene rings is 9. The summed E-state index contributed by atoms with van der Waals surface area (Å²) < 4.78 is 9.95. The van der Waals surface area contributed by atoms with Gasteiger partial charge in [0.15, 0.2) is 0 Å². The number of para-hydroxylation sites is 4. The molecule has 0 amide bonds. The first-order chi connectivity index (χ1) is 32.0. The average molecular weight is 902 g/mol. The van der Waals surface area contributed by atoms with Crippen LogP contribution >= 0.6 is 11.3 Å². The van der Waals surface area contributed by atoms with Crippen LogP contribution in [0.2, 0.25) is 0 Å². The molecule has 13 aromatic rings. The van der Waals surface area contributed by atoms with E-state index in [-0.39, 0.29) is 25.7 Å². The molecule has 3 nitrogen and oxygen atoms in total. The monoisotopic (exact) mass is 901 g/mol. The van der Waals surface area contributed by atoms with E-state index in [1.165, 1.54) is 114 Å². The summed E-state index contributed by atoms with van der Waals surface area (Å²) >= 11 is 1.89. The van der Waals surface area contributed by atoms with Gasteiger partial charge in [0.05, 0.1) is 33.1 Å². The number of hydrogen-bond donors (Lipinski definition) is 0. The van der Waals surface area contributed by atoms with Crippen molar-refractivity contribution in [2.75, 3.05) is 0 Å². The molecule has 0 bridgehead atoms. The lowest BCUT2D eigenvalue weighted by Crippen LogP contribution is -2.10. The quantitative estimate of drug-likeness (QED) is 0.168. The Hall–Kier alpha value is -7.40. The summed E-state index contributed by atoms with van der Waals surface area (Å²) in [6.45, 7) is 13.6. The Kier molecular flexibility index (Phi) is 10.9. The van der Waals surface area contributed by atoms with Crippen LogP contribution in [0, 0.1) is 0 Å². The van der Waals surface area contributed by atoms with Gasteiger partial charge >= 0.3 is 0 Å². The lowest BCUT2D eigenvalue weighted by atomic mass is 9.87. The van der Waals surface area contributed by atoms with Crippen molar-refractivity contribution in [1.29, 1.82) is 0 Å². The third kappa shape index (κ3) is 7.18. The lowest BCUT2D eigenvalue weighted by molar-refractivity contribution is 0.590. The van der Waals surface area contributed by atoms with E-state index in [0.29, 0.717) is 0 Å². The van der Waals surface area contributed by atoms with Crippen LogP contribution in [-0.4, -0.2) is 13.7 Å². The second kappa shape index (κ2) is 16.7. The van der Waals surface area contributed by atoms with E-state index in [0.717, 1.165) is 0 Å². The first-order valence-electron chi connectivity index (χ1n) is 23.1. The van der Waals surface area contributed by atoms with Crippen molar-refractivity contribution < 1.29 is 0 Å². The van der Waals surface area contributed by atoms with Crippen LogP contribution in [0.15, 0.2) is 200 Å². The molecule has 68 heavy (non-hydrogen) atoms. The molecule has 4 heteroatoms. The van der Waals surface area contributed by atoms with E-state index in [1.807, 2.05) is 11.3 Å². The topological polar surface area (TPSA) is 14.8 Å². The van der Waals surface area contributed by atoms with Crippen LogP contribution < -0.4 is 0 Å². The normalized spacial score (nSPS) is 12.0. The van der Waals surface area contributed by atoms with Crippen LogP contribution in [-0.2, 0) is 10.8 Å². The minimum atomic E-state index is 0. The zero-order valence-electron chi connectivity index (χ0n) is 38.3. The van der Waals surface area contributed by atoms with Gasteiger partial charge in [-0.15, -0.1) is 11.3 Å². The molecule has 0 unspecified atom stereocenters. The van der Waals surface area contributed by atoms with Gasteiger partial charge in [0.25, 0.3) is 0 Å². The van der Waals surface area contributed by atoms with E-state index >= 15 is 0 Å². The van der Waals surface area contributed by atoms with Gasteiger partial charge in [0.1, 0.15) is 0 Å². The van der Waals surface area contributed by atoms with Crippen LogP contribution in [0.4, 0.5) is 0 Å². The molecule has 0 saturated carbocycles. The van der Waals surface area contributed by atoms with E-state index < -0.39 is 0 Å². The molecule has 0 spiro atoms. The van der Waals surface area contributed by atoms with Crippen molar-refractivity contribution in [2.24, 2.45) is 0 Å². The standard InChI is InChI=1S/C34H28N2.C28H23NS.2CH4/c1-34(2,3)23-17-19-25(20-18-23)36-31-16-10-8-14-27(31)29-21-32-28(22-33(29)36)26-13-7-9-15-30(26)35(32)24-11-5-4-6-12-24;1-28(2,3)18-12-14-19(15-13-18)29-24-10-6-4-8-20(24)22-17-27-23(16-25(22)29)21-9-5-7-11-26(21)30-27;;/h4-22H,1-3H3;4-17H,1-3H3;2*1H4. The van der Waals surface area contributed by atoms with Crippen LogP contribution in [0.5, 0.6) is 0 Å². The summed E-state index contributed by atoms with van der Waals surface area (Å²) in [7, 11) is 0. The van der Waals surface area contributed by atoms with Gasteiger partial charge in [0.2, 0.25) is 0 Å². The largest absolute Gasteiger partial charge is 0.309 e. The van der Waals surface area contributed by atoms with Gasteiger partial charge in [-0.05, 0) is 107 Å². The highest BCUT2D eigenvalue weighted by molar-refractivity contribution is 7.25. The van der Waals surface area contributed by atoms with Crippen molar-refractivity contribution >= 4 is 96.9 Å². The fourth-order valence-electron chi connectivity index (χ4n) is 10.2. The van der Waals surface area contributed by atoms with Crippen molar-refractivity contribution in [2.45, 2.75) is 67.2 Å². The number of hydrogen-bond acceptors (Lipinski definition) is 1. The zero-order valence-corrected chi connectivity index (χ0v) is 39.1. The first kappa shape index (κ1) is 44.4. The van der Waals surface area contributed by atoms with Crippen molar-refractivity contribution in [1.82, 2.24) is 13.7 Å². The number of thiophene rings is 1. The van der Waals surface area contributed by atoms with Crippen LogP contribution in [0.25, 0.3) is 103 Å². The summed E-state index contributed by atoms with van der Waals surface area (Å²) in [5.41, 5.74) is 14.1. The summed E-state index contributed by atoms with van der Waals surface area (Å²) in [6, 6.07) is 73.4. The van der Waals surface area contributed by atoms with Gasteiger partial charge in [-0.25, -0.2) is 0 Å². The summed E-state index contributed by atoms with van der Waals surface area (Å²) in [5.74, 6) is 0. The number of nitrogens with zero attached hydrogens (tertiary/aromatic N) is 3. The Labute approximate surface area is 404 Å². The second-order valence-corrected chi connectivity index (χ2v) is 20.9. The number of rotatable bonds is 3. The van der Waals surface area contributed by atoms with E-state index in [2.05, 4.69) is 255 Å². The summed E-state index contributed by atoms with van der Waals surface area (Å²) in [6.07, 6.45) is 0. The zero-order chi connectivity index (χ0) is 44.9. The lowest BCUT2D eigenvalue weighted by Gasteiger charge is -2.19. The molecular weight excluding hydrogens is 843 g/mol. The maximum Gasteiger partial charge on any atom is 0.0548 e. The predicted octanol–water partition coefficient (Wildman–Crippen LogP) is 18.9. The maximum absolute atomic E-state index is 2.42. The molecule has 0 aliphatic carbocycles. The molecule has 4 heterocycles. The maximum atomic E-state index is 2.42. The molecule has 0 saturated heterocycles. The Bertz CT molecular complexity index is 3970. The molecule has 0 aliphatic rings. The molecular formula is C64H59N3S. The minimum absolute atomic E-state index is 0. The van der Waals surface area contributed by atoms with E-state index in [1.54, 1.807) is 0 Å². The highest BCUT2D eigenvalue weighted by Crippen LogP contribution is 2.42. The van der Waals surface area contributed by atoms with Gasteiger partial charge in [-0.2, -0.15) is 0 Å². The number of fused-ring (bicyclic) bond motifs is 12. The molecule has 336 valence electrons. The smallest absolute Gasteiger partial charge is 0.0548 e. The third-order valence-corrected chi connectivity index (χ3v) is 14.8. The molecule has 0 atom stereocenters. The second-order valence-electron chi connectivity index (χ2n) is 19.8. The summed E-state index contributed by atoms with van der Waals surface area (Å²) in [4.78, 5) is 0. The van der Waals surface area contributed by atoms with Gasteiger partial charge in [-0.3, -0.25) is 0 Å². The third-order valence-electron chi connectivity index (χ3n) is 13.6. The first-order valence-corrected chi connectivity index (χ1v) is 23.9. The van der Waals surface area contributed by atoms with Crippen molar-refractivity contribution in [3.8, 4) is 17.1 Å². The molecule has 0 aliphatic heterocycles. The fraction of sp³-hybridized carbons (Fsp3) is 0.156. The van der Waals surface area contributed by atoms with E-state index in [9.17, 15) is 0 Å².